The largest absolute Gasteiger partial charge is 0.0843 e. The van der Waals surface area contributed by atoms with Crippen LogP contribution in [0.2, 0.25) is 0 Å². The van der Waals surface area contributed by atoms with E-state index in [4.69, 9.17) is 0 Å². The first-order chi connectivity index (χ1) is 8.04. The molecule has 0 radical (unpaired) electrons. The third kappa shape index (κ3) is 2.16. The minimum atomic E-state index is 1.18. The summed E-state index contributed by atoms with van der Waals surface area (Å²) < 4.78 is 0. The van der Waals surface area contributed by atoms with Crippen molar-refractivity contribution >= 4 is 15.8 Å². The fourth-order valence-electron chi connectivity index (χ4n) is 3.08. The van der Waals surface area contributed by atoms with Crippen LogP contribution in [0.15, 0.2) is 29.0 Å². The lowest BCUT2D eigenvalue weighted by atomic mass is 9.90. The fourth-order valence-corrected chi connectivity index (χ4v) is 3.91. The Kier molecular flexibility index (Phi) is 3.39. The molecule has 1 heteroatoms. The highest BCUT2D eigenvalue weighted by Crippen LogP contribution is 2.37. The van der Waals surface area contributed by atoms with Crippen molar-refractivity contribution in [2.45, 2.75) is 40.5 Å². The summed E-state index contributed by atoms with van der Waals surface area (Å²) in [5.41, 5.74) is 8.85. The summed E-state index contributed by atoms with van der Waals surface area (Å²) >= 11 is 0. The summed E-state index contributed by atoms with van der Waals surface area (Å²) in [5, 5.41) is 1.68. The van der Waals surface area contributed by atoms with Crippen molar-refractivity contribution in [2.75, 3.05) is 0 Å². The van der Waals surface area contributed by atoms with Crippen molar-refractivity contribution in [3.8, 4) is 0 Å². The van der Waals surface area contributed by atoms with Crippen molar-refractivity contribution in [1.82, 2.24) is 0 Å². The van der Waals surface area contributed by atoms with Gasteiger partial charge in [0.2, 0.25) is 0 Å². The Morgan fingerprint density at radius 1 is 1.12 bits per heavy atom. The summed E-state index contributed by atoms with van der Waals surface area (Å²) in [4.78, 5) is 0. The molecule has 90 valence electrons. The molecule has 0 amide bonds. The lowest BCUT2D eigenvalue weighted by Crippen LogP contribution is -1.96. The maximum absolute atomic E-state index is 2.44. The Balaban J connectivity index is 2.57. The van der Waals surface area contributed by atoms with Gasteiger partial charge in [-0.25, -0.2) is 0 Å². The smallest absolute Gasteiger partial charge is 0.0341 e. The molecule has 1 aliphatic carbocycles. The van der Waals surface area contributed by atoms with Crippen LogP contribution in [-0.2, 0) is 0 Å². The summed E-state index contributed by atoms with van der Waals surface area (Å²) in [5.74, 6) is 0. The van der Waals surface area contributed by atoms with E-state index in [2.05, 4.69) is 45.9 Å². The first-order valence-electron chi connectivity index (χ1n) is 6.52. The molecule has 0 aromatic heterocycles. The van der Waals surface area contributed by atoms with Crippen LogP contribution in [0.4, 0.5) is 0 Å². The van der Waals surface area contributed by atoms with Gasteiger partial charge >= 0.3 is 0 Å². The van der Waals surface area contributed by atoms with Crippen LogP contribution in [0.5, 0.6) is 0 Å². The molecule has 1 aromatic rings. The quantitative estimate of drug-likeness (QED) is 0.697. The average Bonchev–Trinajstić information content (AvgIpc) is 2.58. The Hall–Kier alpha value is -1.08. The topological polar surface area (TPSA) is 0 Å². The van der Waals surface area contributed by atoms with Gasteiger partial charge in [-0.3, -0.25) is 0 Å². The van der Waals surface area contributed by atoms with Gasteiger partial charge in [-0.15, -0.1) is 0 Å². The number of rotatable bonds is 2. The monoisotopic (exact) mass is 242 g/mol. The molecular formula is C16H22Si. The van der Waals surface area contributed by atoms with Crippen molar-refractivity contribution in [1.29, 1.82) is 0 Å². The van der Waals surface area contributed by atoms with Gasteiger partial charge < -0.3 is 0 Å². The van der Waals surface area contributed by atoms with E-state index in [1.165, 1.54) is 50.9 Å². The van der Waals surface area contributed by atoms with Crippen LogP contribution < -0.4 is 0 Å². The van der Waals surface area contributed by atoms with Crippen molar-refractivity contribution in [3.05, 3.63) is 51.2 Å². The maximum atomic E-state index is 2.44. The second-order valence-electron chi connectivity index (χ2n) is 5.21. The Labute approximate surface area is 108 Å². The first kappa shape index (κ1) is 12.4. The molecule has 0 unspecified atom stereocenters. The van der Waals surface area contributed by atoms with E-state index in [9.17, 15) is 0 Å². The van der Waals surface area contributed by atoms with Crippen LogP contribution in [0.1, 0.15) is 42.0 Å². The van der Waals surface area contributed by atoms with E-state index in [0.29, 0.717) is 0 Å². The predicted octanol–water partition coefficient (Wildman–Crippen LogP) is 3.43. The van der Waals surface area contributed by atoms with Crippen LogP contribution >= 0.6 is 0 Å². The third-order valence-electron chi connectivity index (χ3n) is 3.75. The standard InChI is InChI=1S/C16H22Si/c1-5-13-14(6-7-15(13)17)16-11(3)8-10(2)9-12(16)4/h6,8-9H,5,7H2,1-4,17H3. The molecule has 1 aromatic carbocycles. The third-order valence-corrected chi connectivity index (χ3v) is 4.76. The Morgan fingerprint density at radius 3 is 2.24 bits per heavy atom. The highest BCUT2D eigenvalue weighted by Gasteiger charge is 2.17. The molecule has 0 saturated carbocycles. The summed E-state index contributed by atoms with van der Waals surface area (Å²) in [6.07, 6.45) is 4.81. The summed E-state index contributed by atoms with van der Waals surface area (Å²) in [6, 6.07) is 4.61. The van der Waals surface area contributed by atoms with Crippen LogP contribution in [0, 0.1) is 20.8 Å². The molecule has 17 heavy (non-hydrogen) atoms. The van der Waals surface area contributed by atoms with Crippen molar-refractivity contribution in [2.24, 2.45) is 0 Å². The molecule has 0 bridgehead atoms. The van der Waals surface area contributed by atoms with Crippen LogP contribution in [0.3, 0.4) is 0 Å². The molecule has 0 fully saturated rings. The number of allylic oxidation sites excluding steroid dienone is 4. The normalized spacial score (nSPS) is 15.6. The number of benzene rings is 1. The molecule has 0 spiro atoms. The van der Waals surface area contributed by atoms with E-state index in [-0.39, 0.29) is 0 Å². The van der Waals surface area contributed by atoms with Crippen molar-refractivity contribution < 1.29 is 0 Å². The van der Waals surface area contributed by atoms with Gasteiger partial charge in [-0.05, 0) is 61.4 Å². The first-order valence-corrected chi connectivity index (χ1v) is 7.52. The van der Waals surface area contributed by atoms with Gasteiger partial charge in [0.15, 0.2) is 0 Å². The highest BCUT2D eigenvalue weighted by atomic mass is 28.1. The number of hydrogen-bond donors (Lipinski definition) is 0. The second kappa shape index (κ2) is 4.65. The number of aryl methyl sites for hydroxylation is 3. The lowest BCUT2D eigenvalue weighted by molar-refractivity contribution is 1.14. The van der Waals surface area contributed by atoms with Gasteiger partial charge in [-0.2, -0.15) is 0 Å². The van der Waals surface area contributed by atoms with Gasteiger partial charge in [0.05, 0.1) is 0 Å². The average molecular weight is 242 g/mol. The van der Waals surface area contributed by atoms with E-state index in [0.717, 1.165) is 0 Å². The lowest BCUT2D eigenvalue weighted by Gasteiger charge is -2.15. The molecule has 0 heterocycles. The van der Waals surface area contributed by atoms with Crippen molar-refractivity contribution in [3.63, 3.8) is 0 Å². The summed E-state index contributed by atoms with van der Waals surface area (Å²) in [6.45, 7) is 8.95. The molecule has 2 rings (SSSR count). The second-order valence-corrected chi connectivity index (χ2v) is 6.42. The zero-order chi connectivity index (χ0) is 12.6. The Bertz CT molecular complexity index is 495. The minimum Gasteiger partial charge on any atom is -0.0843 e. The van der Waals surface area contributed by atoms with Crippen LogP contribution in [-0.4, -0.2) is 10.2 Å². The molecule has 0 aliphatic heterocycles. The molecule has 0 atom stereocenters. The van der Waals surface area contributed by atoms with Gasteiger partial charge in [0.25, 0.3) is 0 Å². The molecule has 1 aliphatic rings. The minimum absolute atomic E-state index is 1.18. The van der Waals surface area contributed by atoms with E-state index >= 15 is 0 Å². The van der Waals surface area contributed by atoms with Gasteiger partial charge in [0.1, 0.15) is 0 Å². The predicted molar refractivity (Wildman–Crippen MR) is 80.5 cm³/mol. The van der Waals surface area contributed by atoms with Gasteiger partial charge in [0, 0.05) is 10.2 Å². The van der Waals surface area contributed by atoms with E-state index in [1.54, 1.807) is 10.8 Å². The molecular weight excluding hydrogens is 220 g/mol. The fraction of sp³-hybridized carbons (Fsp3) is 0.375. The zero-order valence-electron chi connectivity index (χ0n) is 11.6. The van der Waals surface area contributed by atoms with Crippen LogP contribution in [0.25, 0.3) is 5.57 Å². The Morgan fingerprint density at radius 2 is 1.71 bits per heavy atom. The highest BCUT2D eigenvalue weighted by molar-refractivity contribution is 6.24. The van der Waals surface area contributed by atoms with E-state index in [1.807, 2.05) is 0 Å². The molecule has 0 saturated heterocycles. The summed E-state index contributed by atoms with van der Waals surface area (Å²) in [7, 11) is 1.21. The zero-order valence-corrected chi connectivity index (χ0v) is 13.6. The maximum Gasteiger partial charge on any atom is 0.0341 e. The van der Waals surface area contributed by atoms with Gasteiger partial charge in [-0.1, -0.05) is 35.9 Å². The molecule has 0 N–H and O–H groups in total. The van der Waals surface area contributed by atoms with E-state index < -0.39 is 0 Å². The SMILES string of the molecule is CCC1=C([SiH3])CC=C1c1c(C)cc(C)cc1C. The number of hydrogen-bond acceptors (Lipinski definition) is 0. The molecule has 0 nitrogen and oxygen atoms in total.